The zero-order valence-corrected chi connectivity index (χ0v) is 9.32. The molecule has 0 amide bonds. The number of aromatic nitrogens is 3. The van der Waals surface area contributed by atoms with E-state index in [1.807, 2.05) is 25.1 Å². The third kappa shape index (κ3) is 2.10. The van der Waals surface area contributed by atoms with Gasteiger partial charge in [-0.05, 0) is 13.0 Å². The summed E-state index contributed by atoms with van der Waals surface area (Å²) in [5, 5.41) is 10.7. The van der Waals surface area contributed by atoms with Gasteiger partial charge in [-0.3, -0.25) is 0 Å². The molecule has 0 spiro atoms. The summed E-state index contributed by atoms with van der Waals surface area (Å²) in [6.07, 6.45) is 0. The molecule has 0 aliphatic heterocycles. The summed E-state index contributed by atoms with van der Waals surface area (Å²) in [6, 6.07) is 7.42. The Labute approximate surface area is 92.6 Å². The van der Waals surface area contributed by atoms with Crippen LogP contribution in [0, 0.1) is 6.92 Å². The predicted octanol–water partition coefficient (Wildman–Crippen LogP) is 0.428. The molecule has 6 nitrogen and oxygen atoms in total. The van der Waals surface area contributed by atoms with Crippen molar-refractivity contribution in [1.29, 1.82) is 0 Å². The number of hydrogen-bond acceptors (Lipinski definition) is 4. The van der Waals surface area contributed by atoms with E-state index in [0.29, 0.717) is 5.82 Å². The Balaban J connectivity index is 2.47. The molecule has 2 rings (SSSR count). The topological polar surface area (TPSA) is 102 Å². The van der Waals surface area contributed by atoms with Gasteiger partial charge in [0.2, 0.25) is 0 Å². The van der Waals surface area contributed by atoms with Crippen LogP contribution in [0.1, 0.15) is 5.56 Å². The van der Waals surface area contributed by atoms with E-state index in [4.69, 9.17) is 5.14 Å². The first-order valence-corrected chi connectivity index (χ1v) is 6.04. The second-order valence-corrected chi connectivity index (χ2v) is 4.86. The lowest BCUT2D eigenvalue weighted by atomic mass is 10.1. The lowest BCUT2D eigenvalue weighted by Gasteiger charge is -1.95. The molecule has 2 aromatic rings. The molecular formula is C9H10N4O2S. The number of nitrogens with one attached hydrogen (secondary N) is 1. The molecular weight excluding hydrogens is 228 g/mol. The van der Waals surface area contributed by atoms with E-state index in [1.165, 1.54) is 0 Å². The Morgan fingerprint density at radius 3 is 2.69 bits per heavy atom. The molecule has 0 unspecified atom stereocenters. The van der Waals surface area contributed by atoms with Gasteiger partial charge in [0.05, 0.1) is 0 Å². The SMILES string of the molecule is Cc1cccc(-c2n[nH]c(S(N)(=O)=O)n2)c1. The maximum Gasteiger partial charge on any atom is 0.273 e. The van der Waals surface area contributed by atoms with Crippen molar-refractivity contribution in [1.82, 2.24) is 15.2 Å². The van der Waals surface area contributed by atoms with Crippen LogP contribution < -0.4 is 5.14 Å². The minimum absolute atomic E-state index is 0.313. The molecule has 0 bridgehead atoms. The fourth-order valence-electron chi connectivity index (χ4n) is 1.29. The van der Waals surface area contributed by atoms with Crippen LogP contribution in [0.25, 0.3) is 11.4 Å². The third-order valence-electron chi connectivity index (χ3n) is 2.01. The normalized spacial score (nSPS) is 11.6. The van der Waals surface area contributed by atoms with Gasteiger partial charge >= 0.3 is 0 Å². The largest absolute Gasteiger partial charge is 0.273 e. The molecule has 1 aromatic carbocycles. The van der Waals surface area contributed by atoms with Gasteiger partial charge in [-0.25, -0.2) is 18.7 Å². The average Bonchev–Trinajstić information content (AvgIpc) is 2.65. The molecule has 84 valence electrons. The maximum atomic E-state index is 11.0. The van der Waals surface area contributed by atoms with Crippen molar-refractivity contribution in [3.63, 3.8) is 0 Å². The van der Waals surface area contributed by atoms with Crippen LogP contribution in [0.2, 0.25) is 0 Å². The van der Waals surface area contributed by atoms with Crippen molar-refractivity contribution in [3.8, 4) is 11.4 Å². The fraction of sp³-hybridized carbons (Fsp3) is 0.111. The summed E-state index contributed by atoms with van der Waals surface area (Å²) in [6.45, 7) is 1.93. The second kappa shape index (κ2) is 3.69. The van der Waals surface area contributed by atoms with Gasteiger partial charge in [0.15, 0.2) is 5.82 Å². The first-order valence-electron chi connectivity index (χ1n) is 4.49. The van der Waals surface area contributed by atoms with Gasteiger partial charge in [-0.1, -0.05) is 23.8 Å². The highest BCUT2D eigenvalue weighted by atomic mass is 32.2. The predicted molar refractivity (Wildman–Crippen MR) is 57.9 cm³/mol. The molecule has 1 aromatic heterocycles. The van der Waals surface area contributed by atoms with Crippen molar-refractivity contribution in [3.05, 3.63) is 29.8 Å². The Kier molecular flexibility index (Phi) is 2.49. The van der Waals surface area contributed by atoms with Crippen molar-refractivity contribution < 1.29 is 8.42 Å². The number of hydrogen-bond donors (Lipinski definition) is 2. The molecule has 7 heteroatoms. The Morgan fingerprint density at radius 1 is 1.38 bits per heavy atom. The number of aryl methyl sites for hydroxylation is 1. The number of H-pyrrole nitrogens is 1. The van der Waals surface area contributed by atoms with E-state index in [1.54, 1.807) is 6.07 Å². The number of nitrogens with two attached hydrogens (primary N) is 1. The number of benzene rings is 1. The molecule has 0 fully saturated rings. The van der Waals surface area contributed by atoms with Crippen molar-refractivity contribution in [2.45, 2.75) is 12.1 Å². The second-order valence-electron chi connectivity index (χ2n) is 3.38. The molecule has 0 aliphatic carbocycles. The zero-order valence-electron chi connectivity index (χ0n) is 8.51. The van der Waals surface area contributed by atoms with Crippen LogP contribution in [0.3, 0.4) is 0 Å². The summed E-state index contributed by atoms with van der Waals surface area (Å²) in [5.41, 5.74) is 1.78. The molecule has 0 atom stereocenters. The van der Waals surface area contributed by atoms with Crippen molar-refractivity contribution in [2.24, 2.45) is 5.14 Å². The zero-order chi connectivity index (χ0) is 11.8. The maximum absolute atomic E-state index is 11.0. The smallest absolute Gasteiger partial charge is 0.248 e. The van der Waals surface area contributed by atoms with Gasteiger partial charge in [-0.2, -0.15) is 10.1 Å². The number of sulfonamides is 1. The summed E-state index contributed by atoms with van der Waals surface area (Å²) in [4.78, 5) is 3.81. The number of nitrogens with zero attached hydrogens (tertiary/aromatic N) is 2. The van der Waals surface area contributed by atoms with Crippen LogP contribution >= 0.6 is 0 Å². The lowest BCUT2D eigenvalue weighted by molar-refractivity contribution is 0.589. The highest BCUT2D eigenvalue weighted by molar-refractivity contribution is 7.89. The molecule has 0 saturated heterocycles. The van der Waals surface area contributed by atoms with Crippen LogP contribution in [-0.4, -0.2) is 23.6 Å². The lowest BCUT2D eigenvalue weighted by Crippen LogP contribution is -2.13. The van der Waals surface area contributed by atoms with E-state index in [9.17, 15) is 8.42 Å². The van der Waals surface area contributed by atoms with Gasteiger partial charge < -0.3 is 0 Å². The van der Waals surface area contributed by atoms with E-state index >= 15 is 0 Å². The van der Waals surface area contributed by atoms with Gasteiger partial charge in [0.1, 0.15) is 0 Å². The summed E-state index contributed by atoms with van der Waals surface area (Å²) >= 11 is 0. The minimum atomic E-state index is -3.83. The quantitative estimate of drug-likeness (QED) is 0.791. The summed E-state index contributed by atoms with van der Waals surface area (Å²) in [5.74, 6) is 0.313. The molecule has 0 radical (unpaired) electrons. The first-order chi connectivity index (χ1) is 7.47. The summed E-state index contributed by atoms with van der Waals surface area (Å²) in [7, 11) is -3.83. The average molecular weight is 238 g/mol. The Bertz CT molecular complexity index is 618. The van der Waals surface area contributed by atoms with E-state index in [0.717, 1.165) is 11.1 Å². The number of rotatable bonds is 2. The van der Waals surface area contributed by atoms with Crippen LogP contribution in [-0.2, 0) is 10.0 Å². The minimum Gasteiger partial charge on any atom is -0.248 e. The Hall–Kier alpha value is -1.73. The van der Waals surface area contributed by atoms with E-state index < -0.39 is 10.0 Å². The van der Waals surface area contributed by atoms with Gasteiger partial charge in [0, 0.05) is 5.56 Å². The molecule has 16 heavy (non-hydrogen) atoms. The monoisotopic (exact) mass is 238 g/mol. The number of primary sulfonamides is 1. The third-order valence-corrected chi connectivity index (χ3v) is 2.73. The van der Waals surface area contributed by atoms with Crippen LogP contribution in [0.4, 0.5) is 0 Å². The van der Waals surface area contributed by atoms with Gasteiger partial charge in [-0.15, -0.1) is 0 Å². The standard InChI is InChI=1S/C9H10N4O2S/c1-6-3-2-4-7(5-6)8-11-9(13-12-8)16(10,14)15/h2-5H,1H3,(H2,10,14,15)(H,11,12,13). The fourth-order valence-corrected chi connectivity index (χ4v) is 1.67. The van der Waals surface area contributed by atoms with Gasteiger partial charge in [0.25, 0.3) is 15.2 Å². The number of aromatic amines is 1. The van der Waals surface area contributed by atoms with E-state index in [2.05, 4.69) is 15.2 Å². The van der Waals surface area contributed by atoms with E-state index in [-0.39, 0.29) is 5.16 Å². The molecule has 0 saturated carbocycles. The highest BCUT2D eigenvalue weighted by Gasteiger charge is 2.14. The molecule has 1 heterocycles. The van der Waals surface area contributed by atoms with Crippen molar-refractivity contribution in [2.75, 3.05) is 0 Å². The summed E-state index contributed by atoms with van der Waals surface area (Å²) < 4.78 is 22.0. The van der Waals surface area contributed by atoms with Crippen LogP contribution in [0.15, 0.2) is 29.4 Å². The van der Waals surface area contributed by atoms with Crippen LogP contribution in [0.5, 0.6) is 0 Å². The first kappa shape index (κ1) is 10.8. The molecule has 3 N–H and O–H groups in total. The highest BCUT2D eigenvalue weighted by Crippen LogP contribution is 2.16. The Morgan fingerprint density at radius 2 is 2.12 bits per heavy atom. The van der Waals surface area contributed by atoms with Crippen molar-refractivity contribution >= 4 is 10.0 Å². The molecule has 0 aliphatic rings.